The van der Waals surface area contributed by atoms with Crippen molar-refractivity contribution >= 4 is 17.6 Å². The Balaban J connectivity index is 2.52. The summed E-state index contributed by atoms with van der Waals surface area (Å²) in [5, 5.41) is 14.6. The normalized spacial score (nSPS) is 10.1. The molecule has 0 amide bonds. The van der Waals surface area contributed by atoms with E-state index in [4.69, 9.17) is 0 Å². The molecule has 0 aliphatic heterocycles. The SMILES string of the molecule is COC(=O)c1cc(C(=O)OC)n(-c2ccc([N+](=O)[O-])cc2)n1. The number of ether oxygens (including phenoxy) is 2. The lowest BCUT2D eigenvalue weighted by Crippen LogP contribution is -2.10. The van der Waals surface area contributed by atoms with Crippen LogP contribution in [0.5, 0.6) is 0 Å². The highest BCUT2D eigenvalue weighted by Crippen LogP contribution is 2.18. The molecule has 0 bridgehead atoms. The second-order valence-electron chi connectivity index (χ2n) is 4.08. The third-order valence-electron chi connectivity index (χ3n) is 2.80. The molecule has 0 spiro atoms. The molecule has 1 aromatic heterocycles. The number of nitro groups is 1. The number of rotatable bonds is 4. The van der Waals surface area contributed by atoms with Crippen LogP contribution in [-0.2, 0) is 9.47 Å². The minimum atomic E-state index is -0.717. The molecular formula is C13H11N3O6. The quantitative estimate of drug-likeness (QED) is 0.476. The predicted molar refractivity (Wildman–Crippen MR) is 72.9 cm³/mol. The van der Waals surface area contributed by atoms with Crippen LogP contribution in [0.2, 0.25) is 0 Å². The van der Waals surface area contributed by atoms with Gasteiger partial charge in [0.1, 0.15) is 0 Å². The molecule has 0 saturated carbocycles. The predicted octanol–water partition coefficient (Wildman–Crippen LogP) is 1.35. The zero-order chi connectivity index (χ0) is 16.3. The van der Waals surface area contributed by atoms with Crippen LogP contribution in [0.3, 0.4) is 0 Å². The topological polar surface area (TPSA) is 114 Å². The second kappa shape index (κ2) is 6.04. The number of non-ortho nitro benzene ring substituents is 1. The molecule has 0 atom stereocenters. The van der Waals surface area contributed by atoms with E-state index in [1.165, 1.54) is 44.6 Å². The largest absolute Gasteiger partial charge is 0.464 e. The molecule has 0 fully saturated rings. The second-order valence-corrected chi connectivity index (χ2v) is 4.08. The molecule has 0 aliphatic carbocycles. The van der Waals surface area contributed by atoms with Crippen LogP contribution in [0.25, 0.3) is 5.69 Å². The van der Waals surface area contributed by atoms with Gasteiger partial charge in [-0.1, -0.05) is 0 Å². The number of nitro benzene ring substituents is 1. The fourth-order valence-electron chi connectivity index (χ4n) is 1.75. The number of benzene rings is 1. The summed E-state index contributed by atoms with van der Waals surface area (Å²) >= 11 is 0. The number of aromatic nitrogens is 2. The Kier molecular flexibility index (Phi) is 4.16. The van der Waals surface area contributed by atoms with E-state index >= 15 is 0 Å². The highest BCUT2D eigenvalue weighted by molar-refractivity contribution is 5.93. The van der Waals surface area contributed by atoms with Crippen molar-refractivity contribution in [2.45, 2.75) is 0 Å². The molecule has 9 heteroatoms. The Bertz CT molecular complexity index is 735. The minimum absolute atomic E-state index is 0.00301. The maximum absolute atomic E-state index is 11.8. The van der Waals surface area contributed by atoms with Gasteiger partial charge in [0, 0.05) is 18.2 Å². The van der Waals surface area contributed by atoms with Crippen molar-refractivity contribution in [1.82, 2.24) is 9.78 Å². The molecule has 0 aliphatic rings. The number of esters is 2. The van der Waals surface area contributed by atoms with Crippen molar-refractivity contribution in [3.63, 3.8) is 0 Å². The highest BCUT2D eigenvalue weighted by atomic mass is 16.6. The minimum Gasteiger partial charge on any atom is -0.464 e. The summed E-state index contributed by atoms with van der Waals surface area (Å²) in [7, 11) is 2.37. The van der Waals surface area contributed by atoms with Crippen LogP contribution >= 0.6 is 0 Å². The summed E-state index contributed by atoms with van der Waals surface area (Å²) in [6, 6.07) is 6.54. The summed E-state index contributed by atoms with van der Waals surface area (Å²) in [5.74, 6) is -1.42. The van der Waals surface area contributed by atoms with E-state index in [0.29, 0.717) is 5.69 Å². The smallest absolute Gasteiger partial charge is 0.358 e. The van der Waals surface area contributed by atoms with Crippen LogP contribution in [0, 0.1) is 10.1 Å². The summed E-state index contributed by atoms with van der Waals surface area (Å²) in [4.78, 5) is 33.4. The van der Waals surface area contributed by atoms with Gasteiger partial charge in [-0.3, -0.25) is 10.1 Å². The molecular weight excluding hydrogens is 294 g/mol. The van der Waals surface area contributed by atoms with Crippen molar-refractivity contribution in [2.75, 3.05) is 14.2 Å². The molecule has 1 heterocycles. The summed E-state index contributed by atoms with van der Waals surface area (Å²) in [6.45, 7) is 0. The number of carbonyl (C=O) groups excluding carboxylic acids is 2. The van der Waals surface area contributed by atoms with Crippen molar-refractivity contribution in [3.8, 4) is 5.69 Å². The third kappa shape index (κ3) is 2.77. The maximum Gasteiger partial charge on any atom is 0.358 e. The average molecular weight is 305 g/mol. The van der Waals surface area contributed by atoms with Crippen LogP contribution in [-0.4, -0.2) is 40.9 Å². The fourth-order valence-corrected chi connectivity index (χ4v) is 1.75. The molecule has 114 valence electrons. The Morgan fingerprint density at radius 1 is 1.14 bits per heavy atom. The molecule has 9 nitrogen and oxygen atoms in total. The maximum atomic E-state index is 11.8. The van der Waals surface area contributed by atoms with Crippen molar-refractivity contribution in [1.29, 1.82) is 0 Å². The number of nitrogens with zero attached hydrogens (tertiary/aromatic N) is 3. The van der Waals surface area contributed by atoms with Crippen molar-refractivity contribution in [3.05, 3.63) is 51.8 Å². The molecule has 0 N–H and O–H groups in total. The molecule has 2 aromatic rings. The van der Waals surface area contributed by atoms with Gasteiger partial charge >= 0.3 is 11.9 Å². The summed E-state index contributed by atoms with van der Waals surface area (Å²) in [5.41, 5.74) is 0.169. The van der Waals surface area contributed by atoms with Gasteiger partial charge in [0.15, 0.2) is 11.4 Å². The van der Waals surface area contributed by atoms with Crippen molar-refractivity contribution < 1.29 is 24.0 Å². The molecule has 0 saturated heterocycles. The van der Waals surface area contributed by atoms with Gasteiger partial charge in [0.25, 0.3) is 5.69 Å². The molecule has 0 unspecified atom stereocenters. The lowest BCUT2D eigenvalue weighted by Gasteiger charge is -2.05. The lowest BCUT2D eigenvalue weighted by molar-refractivity contribution is -0.384. The van der Waals surface area contributed by atoms with Crippen LogP contribution < -0.4 is 0 Å². The van der Waals surface area contributed by atoms with E-state index in [-0.39, 0.29) is 17.1 Å². The third-order valence-corrected chi connectivity index (χ3v) is 2.80. The standard InChI is InChI=1S/C13H11N3O6/c1-21-12(17)10-7-11(13(18)22-2)15(14-10)8-3-5-9(6-4-8)16(19)20/h3-7H,1-2H3. The van der Waals surface area contributed by atoms with Gasteiger partial charge in [-0.05, 0) is 12.1 Å². The Labute approximate surface area is 124 Å². The van der Waals surface area contributed by atoms with Gasteiger partial charge in [-0.2, -0.15) is 5.10 Å². The molecule has 2 rings (SSSR count). The van der Waals surface area contributed by atoms with Gasteiger partial charge in [0.05, 0.1) is 24.8 Å². The Morgan fingerprint density at radius 3 is 2.23 bits per heavy atom. The highest BCUT2D eigenvalue weighted by Gasteiger charge is 2.21. The zero-order valence-electron chi connectivity index (χ0n) is 11.7. The monoisotopic (exact) mass is 305 g/mol. The molecule has 0 radical (unpaired) electrons. The van der Waals surface area contributed by atoms with Crippen molar-refractivity contribution in [2.24, 2.45) is 0 Å². The van der Waals surface area contributed by atoms with E-state index in [2.05, 4.69) is 14.6 Å². The first-order chi connectivity index (χ1) is 10.5. The van der Waals surface area contributed by atoms with E-state index in [1.807, 2.05) is 0 Å². The molecule has 1 aromatic carbocycles. The Hall–Kier alpha value is -3.23. The van der Waals surface area contributed by atoms with Crippen LogP contribution in [0.1, 0.15) is 21.0 Å². The zero-order valence-corrected chi connectivity index (χ0v) is 11.7. The van der Waals surface area contributed by atoms with E-state index in [1.54, 1.807) is 0 Å². The lowest BCUT2D eigenvalue weighted by atomic mass is 10.3. The van der Waals surface area contributed by atoms with Gasteiger partial charge in [-0.15, -0.1) is 0 Å². The van der Waals surface area contributed by atoms with Gasteiger partial charge < -0.3 is 9.47 Å². The number of hydrogen-bond donors (Lipinski definition) is 0. The summed E-state index contributed by atoms with van der Waals surface area (Å²) in [6.07, 6.45) is 0. The van der Waals surface area contributed by atoms with E-state index in [0.717, 1.165) is 4.68 Å². The first kappa shape index (κ1) is 15.2. The van der Waals surface area contributed by atoms with Gasteiger partial charge in [0.2, 0.25) is 0 Å². The van der Waals surface area contributed by atoms with Crippen LogP contribution in [0.15, 0.2) is 30.3 Å². The number of methoxy groups -OCH3 is 2. The number of carbonyl (C=O) groups is 2. The number of hydrogen-bond acceptors (Lipinski definition) is 7. The first-order valence-electron chi connectivity index (χ1n) is 5.99. The molecule has 22 heavy (non-hydrogen) atoms. The average Bonchev–Trinajstić information content (AvgIpc) is 2.98. The van der Waals surface area contributed by atoms with E-state index < -0.39 is 16.9 Å². The summed E-state index contributed by atoms with van der Waals surface area (Å²) < 4.78 is 10.3. The Morgan fingerprint density at radius 2 is 1.73 bits per heavy atom. The first-order valence-corrected chi connectivity index (χ1v) is 5.99. The van der Waals surface area contributed by atoms with Crippen LogP contribution in [0.4, 0.5) is 5.69 Å². The fraction of sp³-hybridized carbons (Fsp3) is 0.154. The van der Waals surface area contributed by atoms with E-state index in [9.17, 15) is 19.7 Å². The van der Waals surface area contributed by atoms with Gasteiger partial charge in [-0.25, -0.2) is 14.3 Å².